The summed E-state index contributed by atoms with van der Waals surface area (Å²) in [7, 11) is 0. The topological polar surface area (TPSA) is 52.9 Å². The molecule has 0 saturated carbocycles. The van der Waals surface area contributed by atoms with Crippen LogP contribution in [0.1, 0.15) is 12.5 Å². The Labute approximate surface area is 66.0 Å². The molecule has 1 aromatic rings. The third kappa shape index (κ3) is 2.80. The van der Waals surface area contributed by atoms with E-state index in [0.717, 1.165) is 17.9 Å². The molecule has 0 aliphatic rings. The highest BCUT2D eigenvalue weighted by Gasteiger charge is 1.90. The molecule has 0 atom stereocenters. The lowest BCUT2D eigenvalue weighted by molar-refractivity contribution is -0.476. The van der Waals surface area contributed by atoms with Crippen LogP contribution in [0, 0.1) is 0 Å². The Hall–Kier alpha value is -1.38. The van der Waals surface area contributed by atoms with E-state index in [9.17, 15) is 0 Å². The fourth-order valence-corrected chi connectivity index (χ4v) is 0.744. The fraction of sp³-hybridized carbons (Fsp3) is 0.250. The van der Waals surface area contributed by atoms with E-state index in [1.165, 1.54) is 0 Å². The maximum absolute atomic E-state index is 5.43. The Morgan fingerprint density at radius 1 is 1.73 bits per heavy atom. The van der Waals surface area contributed by atoms with Crippen molar-refractivity contribution >= 4 is 5.84 Å². The van der Waals surface area contributed by atoms with Gasteiger partial charge in [0.05, 0.1) is 0 Å². The maximum atomic E-state index is 5.43. The number of aromatic nitrogens is 1. The number of nitrogens with zero attached hydrogens (tertiary/aromatic N) is 1. The van der Waals surface area contributed by atoms with E-state index in [-0.39, 0.29) is 0 Å². The molecule has 3 N–H and O–H groups in total. The molecule has 0 amide bonds. The van der Waals surface area contributed by atoms with Crippen molar-refractivity contribution in [1.29, 1.82) is 0 Å². The first-order valence-corrected chi connectivity index (χ1v) is 3.51. The summed E-state index contributed by atoms with van der Waals surface area (Å²) in [6, 6.07) is 3.91. The van der Waals surface area contributed by atoms with Gasteiger partial charge in [0.2, 0.25) is 5.84 Å². The van der Waals surface area contributed by atoms with Crippen molar-refractivity contribution in [2.24, 2.45) is 5.73 Å². The summed E-state index contributed by atoms with van der Waals surface area (Å²) in [4.78, 5) is 6.99. The van der Waals surface area contributed by atoms with Gasteiger partial charge in [-0.3, -0.25) is 15.7 Å². The van der Waals surface area contributed by atoms with Gasteiger partial charge in [-0.25, -0.2) is 0 Å². The lowest BCUT2D eigenvalue weighted by atomic mass is 10.3. The zero-order valence-electron chi connectivity index (χ0n) is 6.54. The van der Waals surface area contributed by atoms with E-state index in [2.05, 4.69) is 9.98 Å². The Bertz CT molecular complexity index is 237. The summed E-state index contributed by atoms with van der Waals surface area (Å²) in [6.45, 7) is 2.58. The molecule has 3 nitrogen and oxygen atoms in total. The first kappa shape index (κ1) is 7.72. The number of pyridine rings is 1. The standard InChI is InChI=1S/C8H11N3/c1-7(9)11-6-8-3-2-4-10-5-8/h2-5H,6H2,1H3,(H2,9,11)/p+1. The molecular weight excluding hydrogens is 138 g/mol. The van der Waals surface area contributed by atoms with Crippen LogP contribution >= 0.6 is 0 Å². The Morgan fingerprint density at radius 3 is 3.09 bits per heavy atom. The van der Waals surface area contributed by atoms with Gasteiger partial charge in [0.15, 0.2) is 0 Å². The molecule has 58 valence electrons. The van der Waals surface area contributed by atoms with E-state index in [1.807, 2.05) is 25.3 Å². The molecule has 0 aromatic carbocycles. The molecule has 0 spiro atoms. The van der Waals surface area contributed by atoms with Crippen LogP contribution in [-0.2, 0) is 6.54 Å². The van der Waals surface area contributed by atoms with Crippen molar-refractivity contribution in [3.8, 4) is 0 Å². The molecule has 0 saturated heterocycles. The number of hydrogen-bond acceptors (Lipinski definition) is 1. The molecule has 0 unspecified atom stereocenters. The highest BCUT2D eigenvalue weighted by atomic mass is 14.8. The summed E-state index contributed by atoms with van der Waals surface area (Å²) in [5.74, 6) is 0.730. The molecule has 0 bridgehead atoms. The first-order chi connectivity index (χ1) is 5.29. The second-order valence-corrected chi connectivity index (χ2v) is 2.40. The Morgan fingerprint density at radius 2 is 2.55 bits per heavy atom. The summed E-state index contributed by atoms with van der Waals surface area (Å²) in [5.41, 5.74) is 6.56. The molecule has 0 aliphatic heterocycles. The maximum Gasteiger partial charge on any atom is 0.237 e. The molecular formula is C8H12N3+. The lowest BCUT2D eigenvalue weighted by Crippen LogP contribution is -2.72. The number of hydrogen-bond donors (Lipinski definition) is 2. The van der Waals surface area contributed by atoms with Gasteiger partial charge in [-0.1, -0.05) is 6.07 Å². The fourth-order valence-electron chi connectivity index (χ4n) is 0.744. The molecule has 1 aromatic heterocycles. The van der Waals surface area contributed by atoms with Crippen LogP contribution in [-0.4, -0.2) is 10.8 Å². The molecule has 1 rings (SSSR count). The van der Waals surface area contributed by atoms with Gasteiger partial charge >= 0.3 is 0 Å². The molecule has 0 aliphatic carbocycles. The largest absolute Gasteiger partial charge is 0.291 e. The minimum absolute atomic E-state index is 0.730. The zero-order chi connectivity index (χ0) is 8.10. The SMILES string of the molecule is CC(N)=[NH+]Cc1cccnc1. The van der Waals surface area contributed by atoms with Gasteiger partial charge < -0.3 is 0 Å². The van der Waals surface area contributed by atoms with Crippen LogP contribution in [0.4, 0.5) is 0 Å². The Kier molecular flexibility index (Phi) is 2.60. The van der Waals surface area contributed by atoms with Crippen molar-refractivity contribution in [2.75, 3.05) is 0 Å². The second kappa shape index (κ2) is 3.71. The number of amidine groups is 1. The van der Waals surface area contributed by atoms with Crippen molar-refractivity contribution in [3.63, 3.8) is 0 Å². The third-order valence-corrected chi connectivity index (χ3v) is 1.29. The van der Waals surface area contributed by atoms with Gasteiger partial charge in [-0.05, 0) is 6.07 Å². The highest BCUT2D eigenvalue weighted by molar-refractivity contribution is 5.70. The third-order valence-electron chi connectivity index (χ3n) is 1.29. The average molecular weight is 150 g/mol. The van der Waals surface area contributed by atoms with Crippen molar-refractivity contribution in [3.05, 3.63) is 30.1 Å². The lowest BCUT2D eigenvalue weighted by Gasteiger charge is -1.91. The van der Waals surface area contributed by atoms with E-state index in [4.69, 9.17) is 5.73 Å². The van der Waals surface area contributed by atoms with Crippen LogP contribution in [0.5, 0.6) is 0 Å². The number of nitrogens with two attached hydrogens (primary N) is 1. The van der Waals surface area contributed by atoms with Gasteiger partial charge in [-0.2, -0.15) is 0 Å². The van der Waals surface area contributed by atoms with E-state index in [0.29, 0.717) is 0 Å². The molecule has 1 heterocycles. The van der Waals surface area contributed by atoms with Crippen molar-refractivity contribution < 1.29 is 4.99 Å². The number of rotatable bonds is 2. The van der Waals surface area contributed by atoms with Crippen LogP contribution in [0.3, 0.4) is 0 Å². The first-order valence-electron chi connectivity index (χ1n) is 3.51. The molecule has 0 fully saturated rings. The van der Waals surface area contributed by atoms with Gasteiger partial charge in [0.25, 0.3) is 0 Å². The predicted molar refractivity (Wildman–Crippen MR) is 43.8 cm³/mol. The van der Waals surface area contributed by atoms with E-state index in [1.54, 1.807) is 6.20 Å². The number of nitrogens with one attached hydrogen (secondary N) is 1. The molecule has 3 heteroatoms. The minimum atomic E-state index is 0.730. The van der Waals surface area contributed by atoms with Gasteiger partial charge in [-0.15, -0.1) is 0 Å². The monoisotopic (exact) mass is 150 g/mol. The smallest absolute Gasteiger partial charge is 0.237 e. The van der Waals surface area contributed by atoms with Gasteiger partial charge in [0.1, 0.15) is 6.54 Å². The van der Waals surface area contributed by atoms with Crippen molar-refractivity contribution in [2.45, 2.75) is 13.5 Å². The van der Waals surface area contributed by atoms with Crippen LogP contribution in [0.15, 0.2) is 24.5 Å². The normalized spacial score (nSPS) is 11.5. The van der Waals surface area contributed by atoms with E-state index < -0.39 is 0 Å². The molecule has 0 radical (unpaired) electrons. The quantitative estimate of drug-likeness (QED) is 0.421. The van der Waals surface area contributed by atoms with Crippen LogP contribution in [0.2, 0.25) is 0 Å². The van der Waals surface area contributed by atoms with Gasteiger partial charge in [0, 0.05) is 24.9 Å². The van der Waals surface area contributed by atoms with Crippen molar-refractivity contribution in [1.82, 2.24) is 4.98 Å². The summed E-state index contributed by atoms with van der Waals surface area (Å²) >= 11 is 0. The summed E-state index contributed by atoms with van der Waals surface area (Å²) in [5, 5.41) is 0. The van der Waals surface area contributed by atoms with E-state index >= 15 is 0 Å². The zero-order valence-corrected chi connectivity index (χ0v) is 6.54. The summed E-state index contributed by atoms with van der Waals surface area (Å²) in [6.07, 6.45) is 3.57. The highest BCUT2D eigenvalue weighted by Crippen LogP contribution is 1.89. The van der Waals surface area contributed by atoms with Crippen LogP contribution in [0.25, 0.3) is 0 Å². The summed E-state index contributed by atoms with van der Waals surface area (Å²) < 4.78 is 0. The van der Waals surface area contributed by atoms with Crippen LogP contribution < -0.4 is 10.7 Å². The molecule has 11 heavy (non-hydrogen) atoms. The second-order valence-electron chi connectivity index (χ2n) is 2.40. The predicted octanol–water partition coefficient (Wildman–Crippen LogP) is -0.961. The Balaban J connectivity index is 2.59. The minimum Gasteiger partial charge on any atom is -0.291 e. The average Bonchev–Trinajstić information content (AvgIpc) is 2.03.